The molecule has 8 rings (SSSR count). The lowest BCUT2D eigenvalue weighted by atomic mass is 10.0. The second kappa shape index (κ2) is 5.61. The van der Waals surface area contributed by atoms with Crippen molar-refractivity contribution in [2.45, 2.75) is 0 Å². The van der Waals surface area contributed by atoms with Crippen LogP contribution in [0.15, 0.2) is 85.2 Å². The zero-order chi connectivity index (χ0) is 20.1. The van der Waals surface area contributed by atoms with Gasteiger partial charge in [0.25, 0.3) is 0 Å². The van der Waals surface area contributed by atoms with Crippen molar-refractivity contribution in [3.05, 3.63) is 85.2 Å². The van der Waals surface area contributed by atoms with Crippen molar-refractivity contribution in [3.8, 4) is 0 Å². The molecule has 144 valence electrons. The number of pyridine rings is 1. The van der Waals surface area contributed by atoms with Crippen LogP contribution in [-0.2, 0) is 0 Å². The third-order valence-corrected chi connectivity index (χ3v) is 8.77. The van der Waals surface area contributed by atoms with Gasteiger partial charge >= 0.3 is 0 Å². The first kappa shape index (κ1) is 16.3. The molecule has 0 saturated carbocycles. The van der Waals surface area contributed by atoms with E-state index in [0.717, 1.165) is 5.65 Å². The smallest absolute Gasteiger partial charge is 0.145 e. The van der Waals surface area contributed by atoms with E-state index in [-0.39, 0.29) is 0 Å². The van der Waals surface area contributed by atoms with Gasteiger partial charge in [-0.05, 0) is 29.7 Å². The SMILES string of the molecule is c1ccc2c(c1)sc1cc3c(cc12)sc1c3ccc2c1c1ccccc1c1nccn21. The summed E-state index contributed by atoms with van der Waals surface area (Å²) in [6, 6.07) is 26.8. The molecule has 0 N–H and O–H groups in total. The molecule has 4 heterocycles. The molecule has 0 fully saturated rings. The topological polar surface area (TPSA) is 17.3 Å². The van der Waals surface area contributed by atoms with Crippen molar-refractivity contribution < 1.29 is 0 Å². The Bertz CT molecular complexity index is 2000. The highest BCUT2D eigenvalue weighted by Crippen LogP contribution is 2.45. The summed E-state index contributed by atoms with van der Waals surface area (Å²) in [6.07, 6.45) is 3.97. The number of aromatic nitrogens is 2. The van der Waals surface area contributed by atoms with Crippen LogP contribution in [0.2, 0.25) is 0 Å². The molecule has 0 aliphatic heterocycles. The number of hydrogen-bond donors (Lipinski definition) is 0. The molecule has 0 radical (unpaired) electrons. The van der Waals surface area contributed by atoms with E-state index in [9.17, 15) is 0 Å². The van der Waals surface area contributed by atoms with Crippen LogP contribution >= 0.6 is 22.7 Å². The lowest BCUT2D eigenvalue weighted by molar-refractivity contribution is 1.27. The fraction of sp³-hybridized carbons (Fsp3) is 0. The van der Waals surface area contributed by atoms with E-state index < -0.39 is 0 Å². The lowest BCUT2D eigenvalue weighted by Crippen LogP contribution is -1.90. The monoisotopic (exact) mass is 430 g/mol. The fourth-order valence-electron chi connectivity index (χ4n) is 5.10. The predicted molar refractivity (Wildman–Crippen MR) is 136 cm³/mol. The van der Waals surface area contributed by atoms with Crippen molar-refractivity contribution in [3.63, 3.8) is 0 Å². The average molecular weight is 431 g/mol. The molecule has 0 amide bonds. The zero-order valence-electron chi connectivity index (χ0n) is 16.3. The molecule has 0 spiro atoms. The first-order valence-electron chi connectivity index (χ1n) is 10.3. The molecule has 0 aliphatic carbocycles. The second-order valence-corrected chi connectivity index (χ2v) is 10.2. The fourth-order valence-corrected chi connectivity index (χ4v) is 7.51. The summed E-state index contributed by atoms with van der Waals surface area (Å²) in [5.41, 5.74) is 2.24. The normalized spacial score (nSPS) is 12.5. The molecule has 4 aromatic heterocycles. The van der Waals surface area contributed by atoms with Gasteiger partial charge in [0.05, 0.1) is 5.52 Å². The Morgan fingerprint density at radius 1 is 0.613 bits per heavy atom. The standard InChI is InChI=1S/C27H14N2S2/c1-2-7-18-16(6-1)25-21(29-12-11-28-27(18)29)10-9-17-20-14-23-19(13-24(20)31-26(17)25)15-5-3-4-8-22(15)30-23/h1-14H. The maximum absolute atomic E-state index is 4.65. The van der Waals surface area contributed by atoms with Gasteiger partial charge in [0.1, 0.15) is 5.65 Å². The van der Waals surface area contributed by atoms with Crippen molar-refractivity contribution in [1.29, 1.82) is 0 Å². The van der Waals surface area contributed by atoms with Crippen molar-refractivity contribution in [2.75, 3.05) is 0 Å². The largest absolute Gasteiger partial charge is 0.299 e. The molecule has 0 saturated heterocycles. The number of thiophene rings is 2. The van der Waals surface area contributed by atoms with Crippen LogP contribution in [0.4, 0.5) is 0 Å². The van der Waals surface area contributed by atoms with Gasteiger partial charge in [-0.15, -0.1) is 22.7 Å². The van der Waals surface area contributed by atoms with Gasteiger partial charge in [-0.3, -0.25) is 4.40 Å². The van der Waals surface area contributed by atoms with Gasteiger partial charge < -0.3 is 0 Å². The number of nitrogens with zero attached hydrogens (tertiary/aromatic N) is 2. The number of fused-ring (bicyclic) bond motifs is 13. The summed E-state index contributed by atoms with van der Waals surface area (Å²) in [7, 11) is 0. The summed E-state index contributed by atoms with van der Waals surface area (Å²) in [6.45, 7) is 0. The Hall–Kier alpha value is -3.47. The van der Waals surface area contributed by atoms with Crippen LogP contribution in [0, 0.1) is 0 Å². The zero-order valence-corrected chi connectivity index (χ0v) is 17.9. The molecule has 0 unspecified atom stereocenters. The Labute approximate surface area is 184 Å². The predicted octanol–water partition coefficient (Wildman–Crippen LogP) is 8.38. The molecular formula is C27H14N2S2. The third-order valence-electron chi connectivity index (χ3n) is 6.45. The number of hydrogen-bond acceptors (Lipinski definition) is 3. The molecule has 8 aromatic rings. The Morgan fingerprint density at radius 3 is 2.26 bits per heavy atom. The first-order valence-corrected chi connectivity index (χ1v) is 11.9. The Morgan fingerprint density at radius 2 is 1.35 bits per heavy atom. The summed E-state index contributed by atoms with van der Waals surface area (Å²) in [5, 5.41) is 9.24. The summed E-state index contributed by atoms with van der Waals surface area (Å²) in [4.78, 5) is 4.65. The van der Waals surface area contributed by atoms with Crippen LogP contribution in [0.1, 0.15) is 0 Å². The van der Waals surface area contributed by atoms with Crippen molar-refractivity contribution >= 4 is 90.3 Å². The minimum atomic E-state index is 1.02. The van der Waals surface area contributed by atoms with Gasteiger partial charge in [0, 0.05) is 63.5 Å². The van der Waals surface area contributed by atoms with Crippen LogP contribution in [0.5, 0.6) is 0 Å². The van der Waals surface area contributed by atoms with Crippen LogP contribution < -0.4 is 0 Å². The number of benzene rings is 4. The highest BCUT2D eigenvalue weighted by Gasteiger charge is 2.16. The van der Waals surface area contributed by atoms with E-state index in [0.29, 0.717) is 0 Å². The third kappa shape index (κ3) is 1.99. The van der Waals surface area contributed by atoms with Gasteiger partial charge in [-0.2, -0.15) is 0 Å². The van der Waals surface area contributed by atoms with E-state index in [2.05, 4.69) is 88.4 Å². The molecule has 0 atom stereocenters. The van der Waals surface area contributed by atoms with E-state index in [4.69, 9.17) is 0 Å². The van der Waals surface area contributed by atoms with Crippen LogP contribution in [0.3, 0.4) is 0 Å². The number of imidazole rings is 1. The molecule has 0 aliphatic rings. The highest BCUT2D eigenvalue weighted by atomic mass is 32.1. The van der Waals surface area contributed by atoms with Gasteiger partial charge in [0.2, 0.25) is 0 Å². The van der Waals surface area contributed by atoms with Crippen LogP contribution in [0.25, 0.3) is 67.7 Å². The van der Waals surface area contributed by atoms with Crippen molar-refractivity contribution in [2.24, 2.45) is 0 Å². The Kier molecular flexibility index (Phi) is 2.94. The van der Waals surface area contributed by atoms with E-state index in [1.807, 2.05) is 28.9 Å². The maximum Gasteiger partial charge on any atom is 0.145 e. The summed E-state index contributed by atoms with van der Waals surface area (Å²) >= 11 is 3.80. The molecular weight excluding hydrogens is 416 g/mol. The second-order valence-electron chi connectivity index (χ2n) is 8.05. The Balaban J connectivity index is 1.62. The van der Waals surface area contributed by atoms with E-state index in [1.165, 1.54) is 62.0 Å². The van der Waals surface area contributed by atoms with Gasteiger partial charge in [-0.1, -0.05) is 48.5 Å². The quantitative estimate of drug-likeness (QED) is 0.221. The average Bonchev–Trinajstić information content (AvgIpc) is 3.52. The summed E-state index contributed by atoms with van der Waals surface area (Å²) in [5.74, 6) is 0. The summed E-state index contributed by atoms with van der Waals surface area (Å²) < 4.78 is 7.67. The van der Waals surface area contributed by atoms with Crippen LogP contribution in [-0.4, -0.2) is 9.38 Å². The van der Waals surface area contributed by atoms with Crippen molar-refractivity contribution in [1.82, 2.24) is 9.38 Å². The first-order chi connectivity index (χ1) is 15.4. The minimum absolute atomic E-state index is 1.02. The molecule has 4 aromatic carbocycles. The minimum Gasteiger partial charge on any atom is -0.299 e. The van der Waals surface area contributed by atoms with E-state index >= 15 is 0 Å². The highest BCUT2D eigenvalue weighted by molar-refractivity contribution is 7.28. The molecule has 31 heavy (non-hydrogen) atoms. The molecule has 2 nitrogen and oxygen atoms in total. The molecule has 4 heteroatoms. The molecule has 0 bridgehead atoms. The lowest BCUT2D eigenvalue weighted by Gasteiger charge is -2.09. The van der Waals surface area contributed by atoms with E-state index in [1.54, 1.807) is 0 Å². The van der Waals surface area contributed by atoms with Gasteiger partial charge in [-0.25, -0.2) is 4.98 Å². The maximum atomic E-state index is 4.65. The number of rotatable bonds is 0. The van der Waals surface area contributed by atoms with Gasteiger partial charge in [0.15, 0.2) is 0 Å².